The van der Waals surface area contributed by atoms with Crippen molar-refractivity contribution >= 4 is 56.3 Å². The molecule has 0 spiro atoms. The Morgan fingerprint density at radius 2 is 2.06 bits per heavy atom. The molecule has 0 unspecified atom stereocenters. The lowest BCUT2D eigenvalue weighted by molar-refractivity contribution is -0.385. The predicted molar refractivity (Wildman–Crippen MR) is 127 cm³/mol. The smallest absolute Gasteiger partial charge is 0.341 e. The molecule has 10 nitrogen and oxygen atoms in total. The minimum Gasteiger partial charge on any atom is -0.479 e. The lowest BCUT2D eigenvalue weighted by atomic mass is 9.95. The molecule has 1 heterocycles. The van der Waals surface area contributed by atoms with Gasteiger partial charge in [0.2, 0.25) is 5.75 Å². The first-order valence-corrected chi connectivity index (χ1v) is 10.6. The van der Waals surface area contributed by atoms with Gasteiger partial charge in [-0.05, 0) is 24.3 Å². The molecule has 12 heteroatoms. The number of benzene rings is 2. The van der Waals surface area contributed by atoms with Crippen LogP contribution in [0.1, 0.15) is 32.2 Å². The Labute approximate surface area is 200 Å². The quantitative estimate of drug-likeness (QED) is 0.280. The highest BCUT2D eigenvalue weighted by Crippen LogP contribution is 2.36. The normalized spacial score (nSPS) is 11.8. The molecule has 0 aliphatic rings. The van der Waals surface area contributed by atoms with Crippen molar-refractivity contribution in [2.45, 2.75) is 26.2 Å². The van der Waals surface area contributed by atoms with Gasteiger partial charge in [-0.2, -0.15) is 9.78 Å². The van der Waals surface area contributed by atoms with Crippen LogP contribution in [-0.2, 0) is 10.2 Å². The SMILES string of the molecule is CC(C)(C)c1nc2ccc(Br)cc2c(=O)n1N=Cc1cc(Cl)c(OCC(=O)O)c([N+](=O)[O-])c1. The van der Waals surface area contributed by atoms with E-state index in [2.05, 4.69) is 26.0 Å². The fourth-order valence-electron chi connectivity index (χ4n) is 2.95. The van der Waals surface area contributed by atoms with E-state index in [4.69, 9.17) is 21.4 Å². The van der Waals surface area contributed by atoms with Gasteiger partial charge < -0.3 is 9.84 Å². The summed E-state index contributed by atoms with van der Waals surface area (Å²) in [6, 6.07) is 7.59. The van der Waals surface area contributed by atoms with Gasteiger partial charge >= 0.3 is 11.7 Å². The zero-order valence-corrected chi connectivity index (χ0v) is 20.0. The van der Waals surface area contributed by atoms with E-state index < -0.39 is 34.2 Å². The van der Waals surface area contributed by atoms with Gasteiger partial charge in [0.25, 0.3) is 5.56 Å². The summed E-state index contributed by atoms with van der Waals surface area (Å²) in [7, 11) is 0. The van der Waals surface area contributed by atoms with Gasteiger partial charge in [-0.25, -0.2) is 9.78 Å². The first-order valence-electron chi connectivity index (χ1n) is 9.48. The van der Waals surface area contributed by atoms with Gasteiger partial charge in [-0.15, -0.1) is 0 Å². The number of rotatable bonds is 6. The number of carbonyl (C=O) groups is 1. The Hall–Kier alpha value is -3.31. The second-order valence-electron chi connectivity index (χ2n) is 8.00. The number of hydrogen-bond acceptors (Lipinski definition) is 7. The number of nitro groups is 1. The van der Waals surface area contributed by atoms with E-state index in [9.17, 15) is 19.7 Å². The van der Waals surface area contributed by atoms with Crippen LogP contribution >= 0.6 is 27.5 Å². The Morgan fingerprint density at radius 3 is 2.67 bits per heavy atom. The van der Waals surface area contributed by atoms with Gasteiger partial charge in [-0.3, -0.25) is 14.9 Å². The van der Waals surface area contributed by atoms with Crippen LogP contribution in [0.2, 0.25) is 5.02 Å². The van der Waals surface area contributed by atoms with E-state index in [-0.39, 0.29) is 16.3 Å². The summed E-state index contributed by atoms with van der Waals surface area (Å²) in [5.74, 6) is -1.29. The van der Waals surface area contributed by atoms with Gasteiger partial charge in [0, 0.05) is 21.5 Å². The molecule has 0 saturated heterocycles. The second-order valence-corrected chi connectivity index (χ2v) is 9.32. The third kappa shape index (κ3) is 5.37. The number of aliphatic carboxylic acids is 1. The average Bonchev–Trinajstić information content (AvgIpc) is 2.71. The summed E-state index contributed by atoms with van der Waals surface area (Å²) >= 11 is 9.45. The summed E-state index contributed by atoms with van der Waals surface area (Å²) in [5.41, 5.74) is -0.775. The van der Waals surface area contributed by atoms with Crippen molar-refractivity contribution in [3.63, 3.8) is 0 Å². The Bertz CT molecular complexity index is 1360. The van der Waals surface area contributed by atoms with Crippen molar-refractivity contribution in [3.05, 3.63) is 71.7 Å². The fraction of sp³-hybridized carbons (Fsp3) is 0.238. The molecule has 33 heavy (non-hydrogen) atoms. The highest BCUT2D eigenvalue weighted by Gasteiger charge is 2.24. The number of carboxylic acid groups (broad SMARTS) is 1. The standard InChI is InChI=1S/C21H18BrClN4O6/c1-21(2,3)20-25-15-5-4-12(22)8-13(15)19(30)26(20)24-9-11-6-14(23)18(33-10-17(28)29)16(7-11)27(31)32/h4-9H,10H2,1-3H3,(H,28,29). The number of aromatic nitrogens is 2. The van der Waals surface area contributed by atoms with Crippen LogP contribution in [0.3, 0.4) is 0 Å². The molecular weight excluding hydrogens is 520 g/mol. The van der Waals surface area contributed by atoms with Gasteiger partial charge in [0.05, 0.1) is 27.1 Å². The number of carboxylic acids is 1. The topological polar surface area (TPSA) is 137 Å². The minimum atomic E-state index is -1.31. The summed E-state index contributed by atoms with van der Waals surface area (Å²) in [6.45, 7) is 4.84. The van der Waals surface area contributed by atoms with Crippen molar-refractivity contribution in [2.75, 3.05) is 6.61 Å². The number of halogens is 2. The first-order chi connectivity index (χ1) is 15.4. The van der Waals surface area contributed by atoms with E-state index in [0.29, 0.717) is 21.2 Å². The van der Waals surface area contributed by atoms with E-state index in [1.54, 1.807) is 18.2 Å². The molecule has 1 aromatic heterocycles. The van der Waals surface area contributed by atoms with Gasteiger partial charge in [-0.1, -0.05) is 48.3 Å². The molecule has 0 amide bonds. The summed E-state index contributed by atoms with van der Waals surface area (Å²) in [5, 5.41) is 24.7. The molecule has 172 valence electrons. The maximum atomic E-state index is 13.2. The Kier molecular flexibility index (Phi) is 6.84. The number of ether oxygens (including phenoxy) is 1. The molecule has 0 bridgehead atoms. The summed E-state index contributed by atoms with van der Waals surface area (Å²) in [4.78, 5) is 39.3. The summed E-state index contributed by atoms with van der Waals surface area (Å²) < 4.78 is 6.81. The maximum Gasteiger partial charge on any atom is 0.341 e. The first kappa shape index (κ1) is 24.3. The van der Waals surface area contributed by atoms with Crippen LogP contribution in [0.4, 0.5) is 5.69 Å². The van der Waals surface area contributed by atoms with Crippen LogP contribution in [0.5, 0.6) is 5.75 Å². The molecule has 2 aromatic carbocycles. The minimum absolute atomic E-state index is 0.171. The van der Waals surface area contributed by atoms with Crippen molar-refractivity contribution in [1.82, 2.24) is 9.66 Å². The third-order valence-corrected chi connectivity index (χ3v) is 5.16. The van der Waals surface area contributed by atoms with Crippen molar-refractivity contribution in [2.24, 2.45) is 5.10 Å². The van der Waals surface area contributed by atoms with E-state index >= 15 is 0 Å². The molecule has 0 saturated carbocycles. The van der Waals surface area contributed by atoms with Crippen LogP contribution in [0, 0.1) is 10.1 Å². The van der Waals surface area contributed by atoms with Crippen molar-refractivity contribution < 1.29 is 19.6 Å². The lowest BCUT2D eigenvalue weighted by Crippen LogP contribution is -2.29. The van der Waals surface area contributed by atoms with Crippen LogP contribution in [0.25, 0.3) is 10.9 Å². The number of nitro benzene ring substituents is 1. The molecular formula is C21H18BrClN4O6. The lowest BCUT2D eigenvalue weighted by Gasteiger charge is -2.20. The van der Waals surface area contributed by atoms with Crippen LogP contribution in [0.15, 0.2) is 44.7 Å². The molecule has 0 aliphatic carbocycles. The molecule has 0 atom stereocenters. The molecule has 3 aromatic rings. The highest BCUT2D eigenvalue weighted by molar-refractivity contribution is 9.10. The van der Waals surface area contributed by atoms with Gasteiger partial charge in [0.15, 0.2) is 6.61 Å². The van der Waals surface area contributed by atoms with E-state index in [0.717, 1.165) is 10.7 Å². The fourth-order valence-corrected chi connectivity index (χ4v) is 3.59. The highest BCUT2D eigenvalue weighted by atomic mass is 79.9. The predicted octanol–water partition coefficient (Wildman–Crippen LogP) is 4.36. The number of nitrogens with zero attached hydrogens (tertiary/aromatic N) is 4. The van der Waals surface area contributed by atoms with Crippen LogP contribution < -0.4 is 10.3 Å². The molecule has 0 radical (unpaired) electrons. The Balaban J connectivity index is 2.15. The number of fused-ring (bicyclic) bond motifs is 1. The maximum absolute atomic E-state index is 13.2. The van der Waals surface area contributed by atoms with Crippen molar-refractivity contribution in [3.8, 4) is 5.75 Å². The van der Waals surface area contributed by atoms with Gasteiger partial charge in [0.1, 0.15) is 5.82 Å². The van der Waals surface area contributed by atoms with Crippen LogP contribution in [-0.4, -0.2) is 38.5 Å². The molecule has 1 N–H and O–H groups in total. The van der Waals surface area contributed by atoms with E-state index in [1.165, 1.54) is 12.3 Å². The monoisotopic (exact) mass is 536 g/mol. The zero-order valence-electron chi connectivity index (χ0n) is 17.7. The average molecular weight is 538 g/mol. The zero-order chi connectivity index (χ0) is 24.5. The molecule has 3 rings (SSSR count). The largest absolute Gasteiger partial charge is 0.479 e. The molecule has 0 aliphatic heterocycles. The second kappa shape index (κ2) is 9.28. The van der Waals surface area contributed by atoms with Crippen molar-refractivity contribution in [1.29, 1.82) is 0 Å². The number of hydrogen-bond donors (Lipinski definition) is 1. The third-order valence-electron chi connectivity index (χ3n) is 4.38. The molecule has 0 fully saturated rings. The Morgan fingerprint density at radius 1 is 1.36 bits per heavy atom. The summed E-state index contributed by atoms with van der Waals surface area (Å²) in [6.07, 6.45) is 1.24. The van der Waals surface area contributed by atoms with E-state index in [1.807, 2.05) is 20.8 Å².